The second kappa shape index (κ2) is 6.91. The fourth-order valence-corrected chi connectivity index (χ4v) is 1.86. The zero-order chi connectivity index (χ0) is 14.4. The summed E-state index contributed by atoms with van der Waals surface area (Å²) in [4.78, 5) is 17.0. The predicted molar refractivity (Wildman–Crippen MR) is 73.9 cm³/mol. The van der Waals surface area contributed by atoms with E-state index in [0.717, 1.165) is 17.0 Å². The highest BCUT2D eigenvalue weighted by Crippen LogP contribution is 2.19. The van der Waals surface area contributed by atoms with Crippen LogP contribution in [0.5, 0.6) is 5.75 Å². The van der Waals surface area contributed by atoms with Gasteiger partial charge in [-0.15, -0.1) is 0 Å². The Labute approximate surface area is 117 Å². The largest absolute Gasteiger partial charge is 0.497 e. The van der Waals surface area contributed by atoms with Crippen LogP contribution in [0.15, 0.2) is 29.4 Å². The van der Waals surface area contributed by atoms with Gasteiger partial charge in [-0.25, -0.2) is 0 Å². The quantitative estimate of drug-likeness (QED) is 0.787. The molecule has 1 aromatic carbocycles. The predicted octanol–water partition coefficient (Wildman–Crippen LogP) is 0.951. The minimum atomic E-state index is -0.566. The Morgan fingerprint density at radius 1 is 1.40 bits per heavy atom. The van der Waals surface area contributed by atoms with Crippen LogP contribution in [0, 0.1) is 0 Å². The number of hydrogen-bond donors (Lipinski definition) is 1. The van der Waals surface area contributed by atoms with Gasteiger partial charge in [0.2, 0.25) is 6.10 Å². The van der Waals surface area contributed by atoms with E-state index >= 15 is 0 Å². The lowest BCUT2D eigenvalue weighted by Gasteiger charge is -2.08. The van der Waals surface area contributed by atoms with Crippen molar-refractivity contribution in [2.75, 3.05) is 27.4 Å². The third kappa shape index (κ3) is 3.48. The molecule has 1 amide bonds. The molecule has 0 saturated heterocycles. The van der Waals surface area contributed by atoms with Crippen molar-refractivity contribution < 1.29 is 19.1 Å². The minimum absolute atomic E-state index is 0.172. The number of methoxy groups -OCH3 is 2. The van der Waals surface area contributed by atoms with Crippen LogP contribution in [0.25, 0.3) is 0 Å². The molecule has 6 heteroatoms. The van der Waals surface area contributed by atoms with Crippen LogP contribution in [-0.2, 0) is 14.4 Å². The summed E-state index contributed by atoms with van der Waals surface area (Å²) < 4.78 is 9.97. The summed E-state index contributed by atoms with van der Waals surface area (Å²) in [5, 5.41) is 6.71. The van der Waals surface area contributed by atoms with Crippen LogP contribution < -0.4 is 10.1 Å². The van der Waals surface area contributed by atoms with Crippen LogP contribution in [0.2, 0.25) is 0 Å². The van der Waals surface area contributed by atoms with Gasteiger partial charge in [-0.05, 0) is 29.8 Å². The highest BCUT2D eigenvalue weighted by Gasteiger charge is 2.28. The number of oxime groups is 1. The van der Waals surface area contributed by atoms with E-state index in [1.165, 1.54) is 0 Å². The monoisotopic (exact) mass is 278 g/mol. The zero-order valence-electron chi connectivity index (χ0n) is 11.6. The molecule has 0 unspecified atom stereocenters. The first kappa shape index (κ1) is 14.3. The summed E-state index contributed by atoms with van der Waals surface area (Å²) >= 11 is 0. The summed E-state index contributed by atoms with van der Waals surface area (Å²) in [6.07, 6.45) is -0.102. The molecule has 1 aromatic rings. The second-order valence-electron chi connectivity index (χ2n) is 4.35. The average Bonchev–Trinajstić information content (AvgIpc) is 2.97. The Bertz CT molecular complexity index is 484. The number of nitrogens with one attached hydrogen (secondary N) is 1. The van der Waals surface area contributed by atoms with Crippen molar-refractivity contribution in [2.24, 2.45) is 5.16 Å². The molecular formula is C14H18N2O4. The van der Waals surface area contributed by atoms with Crippen LogP contribution in [-0.4, -0.2) is 45.1 Å². The number of rotatable bonds is 6. The summed E-state index contributed by atoms with van der Waals surface area (Å²) in [5.74, 6) is 0.608. The number of benzene rings is 1. The number of carbonyl (C=O) groups excluding carboxylic acids is 1. The van der Waals surface area contributed by atoms with E-state index in [2.05, 4.69) is 10.5 Å². The molecule has 2 rings (SSSR count). The fraction of sp³-hybridized carbons (Fsp3) is 0.429. The Hall–Kier alpha value is -2.08. The summed E-state index contributed by atoms with van der Waals surface area (Å²) in [5.41, 5.74) is 1.69. The van der Waals surface area contributed by atoms with Crippen molar-refractivity contribution in [3.05, 3.63) is 29.8 Å². The third-order valence-corrected chi connectivity index (χ3v) is 2.99. The van der Waals surface area contributed by atoms with Gasteiger partial charge in [0.15, 0.2) is 0 Å². The molecule has 1 atom stereocenters. The Morgan fingerprint density at radius 3 is 2.80 bits per heavy atom. The van der Waals surface area contributed by atoms with Crippen LogP contribution >= 0.6 is 0 Å². The molecule has 0 aliphatic carbocycles. The molecule has 1 N–H and O–H groups in total. The van der Waals surface area contributed by atoms with Crippen molar-refractivity contribution in [3.63, 3.8) is 0 Å². The van der Waals surface area contributed by atoms with E-state index in [1.54, 1.807) is 14.2 Å². The molecule has 1 heterocycles. The van der Waals surface area contributed by atoms with Crippen molar-refractivity contribution in [2.45, 2.75) is 12.5 Å². The van der Waals surface area contributed by atoms with Crippen LogP contribution in [0.1, 0.15) is 12.0 Å². The number of nitrogens with zero attached hydrogens (tertiary/aromatic N) is 1. The highest BCUT2D eigenvalue weighted by atomic mass is 16.6. The lowest BCUT2D eigenvalue weighted by atomic mass is 10.0. The molecule has 0 saturated carbocycles. The van der Waals surface area contributed by atoms with Gasteiger partial charge in [0.25, 0.3) is 5.91 Å². The summed E-state index contributed by atoms with van der Waals surface area (Å²) in [6, 6.07) is 7.49. The smallest absolute Gasteiger partial charge is 0.264 e. The van der Waals surface area contributed by atoms with Crippen molar-refractivity contribution >= 4 is 11.6 Å². The van der Waals surface area contributed by atoms with Gasteiger partial charge in [0, 0.05) is 20.1 Å². The molecule has 0 fully saturated rings. The molecule has 108 valence electrons. The lowest BCUT2D eigenvalue weighted by Crippen LogP contribution is -2.36. The maximum atomic E-state index is 11.8. The van der Waals surface area contributed by atoms with Gasteiger partial charge < -0.3 is 19.6 Å². The first-order valence-corrected chi connectivity index (χ1v) is 6.38. The van der Waals surface area contributed by atoms with Gasteiger partial charge in [-0.3, -0.25) is 4.79 Å². The maximum absolute atomic E-state index is 11.8. The maximum Gasteiger partial charge on any atom is 0.264 e. The van der Waals surface area contributed by atoms with Crippen molar-refractivity contribution in [1.82, 2.24) is 5.32 Å². The Balaban J connectivity index is 1.88. The van der Waals surface area contributed by atoms with E-state index in [4.69, 9.17) is 14.3 Å². The molecule has 0 radical (unpaired) electrons. The van der Waals surface area contributed by atoms with Crippen LogP contribution in [0.4, 0.5) is 0 Å². The van der Waals surface area contributed by atoms with E-state index in [1.807, 2.05) is 24.3 Å². The molecule has 0 bridgehead atoms. The van der Waals surface area contributed by atoms with Crippen LogP contribution in [0.3, 0.4) is 0 Å². The zero-order valence-corrected chi connectivity index (χ0v) is 11.6. The van der Waals surface area contributed by atoms with E-state index < -0.39 is 6.10 Å². The van der Waals surface area contributed by atoms with Gasteiger partial charge in [-0.2, -0.15) is 0 Å². The molecule has 1 aliphatic heterocycles. The molecule has 20 heavy (non-hydrogen) atoms. The standard InChI is InChI=1S/C14H18N2O4/c1-18-8-7-15-14(17)13-9-12(16-20-13)10-3-5-11(19-2)6-4-10/h3-6,13H,7-9H2,1-2H3,(H,15,17)/t13-/m0/s1. The van der Waals surface area contributed by atoms with Gasteiger partial charge in [0.05, 0.1) is 19.4 Å². The minimum Gasteiger partial charge on any atom is -0.497 e. The Kier molecular flexibility index (Phi) is 4.95. The normalized spacial score (nSPS) is 17.3. The second-order valence-corrected chi connectivity index (χ2v) is 4.35. The first-order valence-electron chi connectivity index (χ1n) is 6.38. The average molecular weight is 278 g/mol. The Morgan fingerprint density at radius 2 is 2.15 bits per heavy atom. The molecule has 0 spiro atoms. The van der Waals surface area contributed by atoms with Crippen molar-refractivity contribution in [1.29, 1.82) is 0 Å². The fourth-order valence-electron chi connectivity index (χ4n) is 1.86. The van der Waals surface area contributed by atoms with Gasteiger partial charge >= 0.3 is 0 Å². The molecule has 1 aliphatic rings. The number of carbonyl (C=O) groups is 1. The lowest BCUT2D eigenvalue weighted by molar-refractivity contribution is -0.131. The third-order valence-electron chi connectivity index (χ3n) is 2.99. The van der Waals surface area contributed by atoms with Crippen molar-refractivity contribution in [3.8, 4) is 5.75 Å². The molecular weight excluding hydrogens is 260 g/mol. The summed E-state index contributed by atoms with van der Waals surface area (Å²) in [6.45, 7) is 0.942. The highest BCUT2D eigenvalue weighted by molar-refractivity contribution is 6.04. The molecule has 6 nitrogen and oxygen atoms in total. The number of hydrogen-bond acceptors (Lipinski definition) is 5. The van der Waals surface area contributed by atoms with E-state index in [0.29, 0.717) is 19.6 Å². The van der Waals surface area contributed by atoms with E-state index in [9.17, 15) is 4.79 Å². The SMILES string of the molecule is COCCNC(=O)[C@@H]1CC(c2ccc(OC)cc2)=NO1. The molecule has 0 aromatic heterocycles. The van der Waals surface area contributed by atoms with Gasteiger partial charge in [-0.1, -0.05) is 5.16 Å². The number of amides is 1. The first-order chi connectivity index (χ1) is 9.74. The van der Waals surface area contributed by atoms with Gasteiger partial charge in [0.1, 0.15) is 5.75 Å². The topological polar surface area (TPSA) is 69.2 Å². The van der Waals surface area contributed by atoms with E-state index in [-0.39, 0.29) is 5.91 Å². The summed E-state index contributed by atoms with van der Waals surface area (Å²) in [7, 11) is 3.20. The number of ether oxygens (including phenoxy) is 2.